The van der Waals surface area contributed by atoms with Crippen molar-refractivity contribution in [2.45, 2.75) is 13.8 Å². The molecule has 0 amide bonds. The van der Waals surface area contributed by atoms with Gasteiger partial charge in [0.25, 0.3) is 0 Å². The number of hydrogen-bond acceptors (Lipinski definition) is 6. The molecule has 3 aromatic heterocycles. The van der Waals surface area contributed by atoms with Gasteiger partial charge in [-0.1, -0.05) is 0 Å². The Bertz CT molecular complexity index is 946. The van der Waals surface area contributed by atoms with Crippen LogP contribution in [0.4, 0.5) is 0 Å². The van der Waals surface area contributed by atoms with Crippen molar-refractivity contribution in [1.29, 1.82) is 0 Å². The first kappa shape index (κ1) is 15.2. The van der Waals surface area contributed by atoms with Crippen LogP contribution in [-0.2, 0) is 11.8 Å². The van der Waals surface area contributed by atoms with Crippen LogP contribution in [0.5, 0.6) is 0 Å². The smallest absolute Gasteiger partial charge is 0.355 e. The molecule has 0 aliphatic carbocycles. The van der Waals surface area contributed by atoms with Crippen LogP contribution in [0, 0.1) is 18.8 Å². The fraction of sp³-hybridized carbons (Fsp3) is 0.250. The largest absolute Gasteiger partial charge is 0.461 e. The molecule has 0 aromatic carbocycles. The zero-order valence-electron chi connectivity index (χ0n) is 13.0. The van der Waals surface area contributed by atoms with Crippen molar-refractivity contribution in [2.24, 2.45) is 7.05 Å². The molecule has 0 bridgehead atoms. The highest BCUT2D eigenvalue weighted by Crippen LogP contribution is 2.19. The number of fused-ring (bicyclic) bond motifs is 1. The van der Waals surface area contributed by atoms with Crippen molar-refractivity contribution >= 4 is 28.3 Å². The number of carbonyl (C=O) groups is 1. The van der Waals surface area contributed by atoms with E-state index < -0.39 is 0 Å². The minimum atomic E-state index is -0.387. The fourth-order valence-corrected chi connectivity index (χ4v) is 2.72. The van der Waals surface area contributed by atoms with Crippen LogP contribution in [0.25, 0.3) is 11.0 Å². The molecule has 0 saturated heterocycles. The van der Waals surface area contributed by atoms with E-state index in [1.54, 1.807) is 35.9 Å². The maximum atomic E-state index is 12.0. The molecule has 23 heavy (non-hydrogen) atoms. The summed E-state index contributed by atoms with van der Waals surface area (Å²) >= 11 is 1.55. The van der Waals surface area contributed by atoms with E-state index in [4.69, 9.17) is 4.74 Å². The predicted molar refractivity (Wildman–Crippen MR) is 87.3 cm³/mol. The topological polar surface area (TPSA) is 69.9 Å². The van der Waals surface area contributed by atoms with Crippen LogP contribution in [0.2, 0.25) is 0 Å². The minimum absolute atomic E-state index is 0.321. The highest BCUT2D eigenvalue weighted by molar-refractivity contribution is 7.09. The van der Waals surface area contributed by atoms with Gasteiger partial charge >= 0.3 is 5.97 Å². The standard InChI is InChI=1S/C16H14N4O2S/c1-4-22-16(21)14-7-12-13(17-9-18-15(12)20(14)3)6-5-11-8-23-10(2)19-11/h7-9H,4H2,1-3H3. The lowest BCUT2D eigenvalue weighted by molar-refractivity contribution is 0.0516. The summed E-state index contributed by atoms with van der Waals surface area (Å²) in [5.74, 6) is 5.61. The first-order chi connectivity index (χ1) is 11.1. The van der Waals surface area contributed by atoms with Crippen molar-refractivity contribution in [3.05, 3.63) is 39.9 Å². The van der Waals surface area contributed by atoms with Gasteiger partial charge in [-0.15, -0.1) is 11.3 Å². The van der Waals surface area contributed by atoms with E-state index in [0.29, 0.717) is 29.3 Å². The van der Waals surface area contributed by atoms with Crippen molar-refractivity contribution in [2.75, 3.05) is 6.61 Å². The number of hydrogen-bond donors (Lipinski definition) is 0. The number of rotatable bonds is 2. The number of aryl methyl sites for hydroxylation is 2. The fourth-order valence-electron chi connectivity index (χ4n) is 2.18. The summed E-state index contributed by atoms with van der Waals surface area (Å²) in [4.78, 5) is 24.7. The molecule has 3 rings (SSSR count). The Balaban J connectivity index is 2.07. The van der Waals surface area contributed by atoms with E-state index in [2.05, 4.69) is 26.8 Å². The molecule has 0 unspecified atom stereocenters. The number of thiazole rings is 1. The summed E-state index contributed by atoms with van der Waals surface area (Å²) in [6, 6.07) is 1.71. The Hall–Kier alpha value is -2.72. The highest BCUT2D eigenvalue weighted by Gasteiger charge is 2.17. The number of esters is 1. The van der Waals surface area contributed by atoms with Gasteiger partial charge in [0.05, 0.1) is 17.0 Å². The third kappa shape index (κ3) is 2.94. The zero-order chi connectivity index (χ0) is 16.4. The molecular weight excluding hydrogens is 312 g/mol. The summed E-state index contributed by atoms with van der Waals surface area (Å²) in [5.41, 5.74) is 2.34. The number of carbonyl (C=O) groups excluding carboxylic acids is 1. The Morgan fingerprint density at radius 2 is 2.22 bits per heavy atom. The van der Waals surface area contributed by atoms with Crippen molar-refractivity contribution in [3.8, 4) is 11.8 Å². The van der Waals surface area contributed by atoms with Gasteiger partial charge in [-0.2, -0.15) is 0 Å². The quantitative estimate of drug-likeness (QED) is 0.534. The summed E-state index contributed by atoms with van der Waals surface area (Å²) in [5, 5.41) is 3.58. The molecular formula is C16H14N4O2S. The third-order valence-electron chi connectivity index (χ3n) is 3.24. The molecule has 3 aromatic rings. The molecule has 3 heterocycles. The maximum absolute atomic E-state index is 12.0. The average Bonchev–Trinajstić information content (AvgIpc) is 3.10. The molecule has 0 aliphatic heterocycles. The first-order valence-electron chi connectivity index (χ1n) is 7.02. The zero-order valence-corrected chi connectivity index (χ0v) is 13.8. The van der Waals surface area contributed by atoms with Gasteiger partial charge in [0.1, 0.15) is 29.1 Å². The molecule has 0 radical (unpaired) electrons. The normalized spacial score (nSPS) is 10.4. The van der Waals surface area contributed by atoms with Gasteiger partial charge < -0.3 is 9.30 Å². The molecule has 0 aliphatic rings. The highest BCUT2D eigenvalue weighted by atomic mass is 32.1. The van der Waals surface area contributed by atoms with Gasteiger partial charge in [-0.3, -0.25) is 0 Å². The second kappa shape index (κ2) is 6.18. The van der Waals surface area contributed by atoms with Gasteiger partial charge in [0.2, 0.25) is 0 Å². The lowest BCUT2D eigenvalue weighted by atomic mass is 10.2. The van der Waals surface area contributed by atoms with Crippen molar-refractivity contribution in [3.63, 3.8) is 0 Å². The Kier molecular flexibility index (Phi) is 4.08. The molecule has 0 saturated carbocycles. The van der Waals surface area contributed by atoms with Crippen LogP contribution in [-0.4, -0.2) is 32.1 Å². The second-order valence-electron chi connectivity index (χ2n) is 4.77. The van der Waals surface area contributed by atoms with E-state index in [9.17, 15) is 4.79 Å². The molecule has 0 spiro atoms. The molecule has 7 heteroatoms. The monoisotopic (exact) mass is 326 g/mol. The predicted octanol–water partition coefficient (Wildman–Crippen LogP) is 2.31. The van der Waals surface area contributed by atoms with E-state index >= 15 is 0 Å². The lowest BCUT2D eigenvalue weighted by Crippen LogP contribution is -2.09. The van der Waals surface area contributed by atoms with Crippen LogP contribution in [0.15, 0.2) is 17.8 Å². The number of ether oxygens (including phenoxy) is 1. The SMILES string of the molecule is CCOC(=O)c1cc2c(C#Cc3csc(C)n3)ncnc2n1C. The van der Waals surface area contributed by atoms with Gasteiger partial charge in [0.15, 0.2) is 0 Å². The second-order valence-corrected chi connectivity index (χ2v) is 5.83. The van der Waals surface area contributed by atoms with Gasteiger partial charge in [-0.25, -0.2) is 19.7 Å². The van der Waals surface area contributed by atoms with Crippen molar-refractivity contribution < 1.29 is 9.53 Å². The van der Waals surface area contributed by atoms with E-state index in [0.717, 1.165) is 10.4 Å². The van der Waals surface area contributed by atoms with Gasteiger partial charge in [-0.05, 0) is 31.8 Å². The molecule has 6 nitrogen and oxygen atoms in total. The summed E-state index contributed by atoms with van der Waals surface area (Å²) in [7, 11) is 1.77. The van der Waals surface area contributed by atoms with Crippen LogP contribution < -0.4 is 0 Å². The minimum Gasteiger partial charge on any atom is -0.461 e. The van der Waals surface area contributed by atoms with Crippen LogP contribution >= 0.6 is 11.3 Å². The number of nitrogens with zero attached hydrogens (tertiary/aromatic N) is 4. The first-order valence-corrected chi connectivity index (χ1v) is 7.89. The van der Waals surface area contributed by atoms with Gasteiger partial charge in [0, 0.05) is 12.4 Å². The third-order valence-corrected chi connectivity index (χ3v) is 4.01. The van der Waals surface area contributed by atoms with Crippen LogP contribution in [0.1, 0.15) is 33.8 Å². The van der Waals surface area contributed by atoms with E-state index in [-0.39, 0.29) is 5.97 Å². The maximum Gasteiger partial charge on any atom is 0.355 e. The molecule has 0 fully saturated rings. The summed E-state index contributed by atoms with van der Waals surface area (Å²) in [6.07, 6.45) is 1.44. The molecule has 0 atom stereocenters. The Morgan fingerprint density at radius 1 is 1.39 bits per heavy atom. The van der Waals surface area contributed by atoms with E-state index in [1.807, 2.05) is 12.3 Å². The van der Waals surface area contributed by atoms with Crippen molar-refractivity contribution in [1.82, 2.24) is 19.5 Å². The Morgan fingerprint density at radius 3 is 2.91 bits per heavy atom. The molecule has 116 valence electrons. The summed E-state index contributed by atoms with van der Waals surface area (Å²) in [6.45, 7) is 4.02. The molecule has 0 N–H and O–H groups in total. The lowest BCUT2D eigenvalue weighted by Gasteiger charge is -2.02. The number of aromatic nitrogens is 4. The average molecular weight is 326 g/mol. The summed E-state index contributed by atoms with van der Waals surface area (Å²) < 4.78 is 6.75. The van der Waals surface area contributed by atoms with E-state index in [1.165, 1.54) is 6.33 Å². The van der Waals surface area contributed by atoms with Crippen LogP contribution in [0.3, 0.4) is 0 Å². The Labute approximate surface area is 137 Å².